The predicted molar refractivity (Wildman–Crippen MR) is 60.6 cm³/mol. The molecule has 0 amide bonds. The molecule has 0 fully saturated rings. The van der Waals surface area contributed by atoms with Crippen molar-refractivity contribution in [1.29, 1.82) is 0 Å². The number of hydrogen-bond donors (Lipinski definition) is 6. The van der Waals surface area contributed by atoms with E-state index in [4.69, 9.17) is 18.2 Å². The van der Waals surface area contributed by atoms with E-state index in [9.17, 15) is 33.7 Å². The minimum atomic E-state index is -5.02. The Morgan fingerprint density at radius 2 is 0.500 bits per heavy atom. The summed E-state index contributed by atoms with van der Waals surface area (Å²) < 4.78 is 118. The molecule has 0 aliphatic heterocycles. The SMILES string of the molecule is N.N.O=S(=O)(O)OOS(=O)(=O)O.O=S(=O)(O)OOS(=O)(=O)O. The summed E-state index contributed by atoms with van der Waals surface area (Å²) in [4.78, 5) is 0. The summed E-state index contributed by atoms with van der Waals surface area (Å²) in [7, 11) is -20.1. The molecule has 0 rings (SSSR count). The quantitative estimate of drug-likeness (QED) is 0.145. The molecule has 0 aliphatic carbocycles. The molecule has 140 valence electrons. The minimum Gasteiger partial charge on any atom is -0.344 e. The summed E-state index contributed by atoms with van der Waals surface area (Å²) in [5, 5.41) is 0. The van der Waals surface area contributed by atoms with Gasteiger partial charge in [0.25, 0.3) is 0 Å². The lowest BCUT2D eigenvalue weighted by Gasteiger charge is -1.92. The molecular weight excluding hydrogens is 412 g/mol. The van der Waals surface area contributed by atoms with Crippen LogP contribution in [0.15, 0.2) is 0 Å². The summed E-state index contributed by atoms with van der Waals surface area (Å²) in [6.45, 7) is 0. The highest BCUT2D eigenvalue weighted by atomic mass is 32.3. The monoisotopic (exact) mass is 422 g/mol. The smallest absolute Gasteiger partial charge is 0.344 e. The second kappa shape index (κ2) is 10.2. The van der Waals surface area contributed by atoms with Gasteiger partial charge in [0.1, 0.15) is 0 Å². The van der Waals surface area contributed by atoms with Crippen LogP contribution in [-0.2, 0) is 58.9 Å². The third-order valence-electron chi connectivity index (χ3n) is 0.399. The van der Waals surface area contributed by atoms with Crippen LogP contribution in [0.25, 0.3) is 0 Å². The lowest BCUT2D eigenvalue weighted by Crippen LogP contribution is -2.10. The van der Waals surface area contributed by atoms with Gasteiger partial charge in [-0.3, -0.25) is 18.2 Å². The lowest BCUT2D eigenvalue weighted by atomic mass is 14.0. The number of rotatable bonds is 6. The van der Waals surface area contributed by atoms with Gasteiger partial charge in [-0.25, -0.2) is 0 Å². The van der Waals surface area contributed by atoms with E-state index >= 15 is 0 Å². The molecule has 0 atom stereocenters. The fourth-order valence-corrected chi connectivity index (χ4v) is 1.26. The van der Waals surface area contributed by atoms with E-state index in [2.05, 4.69) is 17.3 Å². The van der Waals surface area contributed by atoms with Crippen LogP contribution < -0.4 is 12.3 Å². The van der Waals surface area contributed by atoms with Crippen LogP contribution in [0.4, 0.5) is 0 Å². The summed E-state index contributed by atoms with van der Waals surface area (Å²) in [5.41, 5.74) is 0. The predicted octanol–water partition coefficient (Wildman–Crippen LogP) is -2.60. The first-order valence-corrected chi connectivity index (χ1v) is 8.52. The zero-order chi connectivity index (χ0) is 16.8. The van der Waals surface area contributed by atoms with Crippen molar-refractivity contribution in [3.63, 3.8) is 0 Å². The van der Waals surface area contributed by atoms with Crippen molar-refractivity contribution in [2.45, 2.75) is 0 Å². The van der Waals surface area contributed by atoms with E-state index in [0.717, 1.165) is 0 Å². The van der Waals surface area contributed by atoms with Gasteiger partial charge in [0.15, 0.2) is 0 Å². The maximum Gasteiger partial charge on any atom is 0.425 e. The lowest BCUT2D eigenvalue weighted by molar-refractivity contribution is -0.105. The van der Waals surface area contributed by atoms with E-state index in [1.807, 2.05) is 0 Å². The second-order valence-corrected chi connectivity index (χ2v) is 5.95. The van der Waals surface area contributed by atoms with Crippen molar-refractivity contribution < 1.29 is 69.2 Å². The number of hydrogen-bond acceptors (Lipinski definition) is 14. The van der Waals surface area contributed by atoms with Crippen molar-refractivity contribution in [2.75, 3.05) is 0 Å². The Hall–Kier alpha value is -0.600. The summed E-state index contributed by atoms with van der Waals surface area (Å²) in [6, 6.07) is 0. The highest BCUT2D eigenvalue weighted by Gasteiger charge is 2.14. The van der Waals surface area contributed by atoms with E-state index in [1.165, 1.54) is 0 Å². The van der Waals surface area contributed by atoms with Crippen LogP contribution >= 0.6 is 0 Å². The molecule has 22 heteroatoms. The first-order valence-electron chi connectivity index (χ1n) is 3.06. The van der Waals surface area contributed by atoms with Crippen LogP contribution in [0.3, 0.4) is 0 Å². The molecular formula is H10N2O16S4. The Morgan fingerprint density at radius 3 is 0.545 bits per heavy atom. The van der Waals surface area contributed by atoms with Gasteiger partial charge in [0, 0.05) is 0 Å². The Labute approximate surface area is 123 Å². The van der Waals surface area contributed by atoms with Crippen molar-refractivity contribution in [3.05, 3.63) is 0 Å². The molecule has 0 unspecified atom stereocenters. The molecule has 0 saturated heterocycles. The molecule has 0 aliphatic rings. The Morgan fingerprint density at radius 1 is 0.409 bits per heavy atom. The van der Waals surface area contributed by atoms with Crippen LogP contribution in [0.2, 0.25) is 0 Å². The van der Waals surface area contributed by atoms with Crippen molar-refractivity contribution >= 4 is 41.6 Å². The van der Waals surface area contributed by atoms with Crippen molar-refractivity contribution in [1.82, 2.24) is 12.3 Å². The molecule has 0 aromatic rings. The molecule has 0 saturated carbocycles. The summed E-state index contributed by atoms with van der Waals surface area (Å²) in [5.74, 6) is 0. The van der Waals surface area contributed by atoms with Gasteiger partial charge in [-0.05, 0) is 0 Å². The van der Waals surface area contributed by atoms with Gasteiger partial charge in [0.05, 0.1) is 0 Å². The molecule has 18 nitrogen and oxygen atoms in total. The molecule has 10 N–H and O–H groups in total. The standard InChI is InChI=1S/2H3N.2H2O8S2/c;;2*1-9(2,3)7-8-10(4,5)6/h2*1H3;2*(H,1,2,3)(H,4,5,6). The van der Waals surface area contributed by atoms with Crippen LogP contribution in [0.5, 0.6) is 0 Å². The Bertz CT molecular complexity index is 560. The van der Waals surface area contributed by atoms with Gasteiger partial charge < -0.3 is 12.3 Å². The third kappa shape index (κ3) is 36.6. The average Bonchev–Trinajstić information content (AvgIpc) is 2.09. The van der Waals surface area contributed by atoms with Gasteiger partial charge in [-0.2, -0.15) is 33.7 Å². The fourth-order valence-electron chi connectivity index (χ4n) is 0.140. The summed E-state index contributed by atoms with van der Waals surface area (Å²) in [6.07, 6.45) is 0. The highest BCUT2D eigenvalue weighted by molar-refractivity contribution is 7.83. The van der Waals surface area contributed by atoms with Crippen molar-refractivity contribution in [2.24, 2.45) is 0 Å². The van der Waals surface area contributed by atoms with Gasteiger partial charge in [-0.1, -0.05) is 17.3 Å². The molecule has 0 spiro atoms. The van der Waals surface area contributed by atoms with E-state index in [-0.39, 0.29) is 12.3 Å². The van der Waals surface area contributed by atoms with Crippen LogP contribution in [-0.4, -0.2) is 51.9 Å². The molecule has 0 aromatic heterocycles. The van der Waals surface area contributed by atoms with Gasteiger partial charge in [-0.15, -0.1) is 0 Å². The van der Waals surface area contributed by atoms with Crippen LogP contribution in [0.1, 0.15) is 0 Å². The van der Waals surface area contributed by atoms with E-state index in [1.54, 1.807) is 0 Å². The maximum absolute atomic E-state index is 9.51. The fraction of sp³-hybridized carbons (Fsp3) is 0. The molecule has 0 aromatic carbocycles. The van der Waals surface area contributed by atoms with E-state index in [0.29, 0.717) is 0 Å². The molecule has 0 heterocycles. The molecule has 22 heavy (non-hydrogen) atoms. The van der Waals surface area contributed by atoms with Crippen molar-refractivity contribution in [3.8, 4) is 0 Å². The zero-order valence-electron chi connectivity index (χ0n) is 9.74. The van der Waals surface area contributed by atoms with Gasteiger partial charge >= 0.3 is 41.6 Å². The third-order valence-corrected chi connectivity index (χ3v) is 1.53. The maximum atomic E-state index is 9.51. The minimum absolute atomic E-state index is 0. The first kappa shape index (κ1) is 29.4. The highest BCUT2D eigenvalue weighted by Crippen LogP contribution is 1.93. The topological polar surface area (TPSA) is 324 Å². The largest absolute Gasteiger partial charge is 0.425 e. The Kier molecular flexibility index (Phi) is 13.7. The zero-order valence-corrected chi connectivity index (χ0v) is 13.0. The normalized spacial score (nSPS) is 12.2. The van der Waals surface area contributed by atoms with Crippen LogP contribution in [0, 0.1) is 0 Å². The first-order chi connectivity index (χ1) is 8.41. The molecule has 0 bridgehead atoms. The average molecular weight is 422 g/mol. The summed E-state index contributed by atoms with van der Waals surface area (Å²) >= 11 is 0. The van der Waals surface area contributed by atoms with E-state index < -0.39 is 41.6 Å². The molecule has 0 radical (unpaired) electrons. The second-order valence-electron chi connectivity index (χ2n) is 1.98. The Balaban J connectivity index is -0.000000135. The van der Waals surface area contributed by atoms with Gasteiger partial charge in [0.2, 0.25) is 0 Å².